The molecular weight excluding hydrogens is 420 g/mol. The van der Waals surface area contributed by atoms with Crippen molar-refractivity contribution in [3.63, 3.8) is 0 Å². The maximum Gasteiger partial charge on any atom is 0.407 e. The van der Waals surface area contributed by atoms with Crippen molar-refractivity contribution in [1.82, 2.24) is 19.6 Å². The first kappa shape index (κ1) is 21.5. The summed E-state index contributed by atoms with van der Waals surface area (Å²) in [5, 5.41) is 9.19. The zero-order chi connectivity index (χ0) is 22.9. The molecule has 0 atom stereocenters. The molecule has 2 saturated heterocycles. The van der Waals surface area contributed by atoms with Gasteiger partial charge < -0.3 is 19.8 Å². The number of carbonyl (C=O) groups excluding carboxylic acids is 2. The molecular formula is C25H28N4O4. The predicted octanol–water partition coefficient (Wildman–Crippen LogP) is 2.01. The quantitative estimate of drug-likeness (QED) is 0.777. The minimum Gasteiger partial charge on any atom is -0.465 e. The maximum absolute atomic E-state index is 13.0. The summed E-state index contributed by atoms with van der Waals surface area (Å²) >= 11 is 0. The largest absolute Gasteiger partial charge is 0.465 e. The Labute approximate surface area is 193 Å². The van der Waals surface area contributed by atoms with Crippen LogP contribution in [0.1, 0.15) is 31.8 Å². The highest BCUT2D eigenvalue weighted by Gasteiger charge is 2.37. The Balaban J connectivity index is 1.12. The fourth-order valence-corrected chi connectivity index (χ4v) is 4.94. The fourth-order valence-electron chi connectivity index (χ4n) is 4.94. The van der Waals surface area contributed by atoms with Crippen LogP contribution in [-0.4, -0.2) is 94.5 Å². The van der Waals surface area contributed by atoms with Gasteiger partial charge in [0, 0.05) is 69.5 Å². The number of carbonyl (C=O) groups is 3. The van der Waals surface area contributed by atoms with E-state index in [9.17, 15) is 19.5 Å². The lowest BCUT2D eigenvalue weighted by molar-refractivity contribution is 0.00852. The van der Waals surface area contributed by atoms with Crippen LogP contribution in [0.25, 0.3) is 0 Å². The lowest BCUT2D eigenvalue weighted by Gasteiger charge is -2.48. The van der Waals surface area contributed by atoms with Crippen LogP contribution in [0.2, 0.25) is 0 Å². The molecule has 0 radical (unpaired) electrons. The van der Waals surface area contributed by atoms with E-state index >= 15 is 0 Å². The molecule has 172 valence electrons. The second kappa shape index (κ2) is 8.86. The summed E-state index contributed by atoms with van der Waals surface area (Å²) in [4.78, 5) is 44.4. The van der Waals surface area contributed by atoms with E-state index in [1.165, 1.54) is 4.90 Å². The third-order valence-corrected chi connectivity index (χ3v) is 7.02. The molecule has 2 aromatic rings. The second-order valence-corrected chi connectivity index (χ2v) is 9.00. The topological polar surface area (TPSA) is 84.4 Å². The molecule has 5 rings (SSSR count). The van der Waals surface area contributed by atoms with Gasteiger partial charge in [0.25, 0.3) is 11.8 Å². The average Bonchev–Trinajstić information content (AvgIpc) is 2.83. The van der Waals surface area contributed by atoms with Crippen molar-refractivity contribution in [2.75, 3.05) is 45.8 Å². The van der Waals surface area contributed by atoms with Crippen molar-refractivity contribution in [3.8, 4) is 0 Å². The molecule has 0 unspecified atom stereocenters. The van der Waals surface area contributed by atoms with Gasteiger partial charge in [-0.15, -0.1) is 0 Å². The van der Waals surface area contributed by atoms with Crippen LogP contribution in [0.5, 0.6) is 0 Å². The van der Waals surface area contributed by atoms with Crippen molar-refractivity contribution >= 4 is 17.9 Å². The van der Waals surface area contributed by atoms with Gasteiger partial charge in [-0.2, -0.15) is 0 Å². The van der Waals surface area contributed by atoms with Gasteiger partial charge in [-0.05, 0) is 41.8 Å². The summed E-state index contributed by atoms with van der Waals surface area (Å²) in [5.41, 5.74) is 3.44. The van der Waals surface area contributed by atoms with Crippen LogP contribution in [0, 0.1) is 0 Å². The molecule has 3 heterocycles. The molecule has 8 heteroatoms. The first-order valence-electron chi connectivity index (χ1n) is 11.5. The highest BCUT2D eigenvalue weighted by Crippen LogP contribution is 2.24. The number of piperazine rings is 1. The van der Waals surface area contributed by atoms with Gasteiger partial charge in [0.15, 0.2) is 0 Å². The summed E-state index contributed by atoms with van der Waals surface area (Å²) in [7, 11) is 0. The van der Waals surface area contributed by atoms with Gasteiger partial charge in [-0.1, -0.05) is 24.3 Å². The van der Waals surface area contributed by atoms with E-state index in [1.54, 1.807) is 0 Å². The molecule has 2 aromatic carbocycles. The monoisotopic (exact) mass is 448 g/mol. The smallest absolute Gasteiger partial charge is 0.407 e. The lowest BCUT2D eigenvalue weighted by atomic mass is 9.96. The Bertz CT molecular complexity index is 1060. The summed E-state index contributed by atoms with van der Waals surface area (Å²) in [6, 6.07) is 15.4. The highest BCUT2D eigenvalue weighted by atomic mass is 16.4. The number of likely N-dealkylation sites (tertiary alicyclic amines) is 1. The minimum atomic E-state index is -0.905. The molecule has 0 aromatic heterocycles. The van der Waals surface area contributed by atoms with E-state index in [1.807, 2.05) is 58.3 Å². The SMILES string of the molecule is O=C(O)N1CCc2cc(C(=O)N3CC(N4CCN(C(=O)c5ccccc5)CC4)C3)ccc2C1. The number of hydrogen-bond donors (Lipinski definition) is 1. The predicted molar refractivity (Wildman–Crippen MR) is 122 cm³/mol. The molecule has 3 aliphatic rings. The minimum absolute atomic E-state index is 0.0348. The average molecular weight is 449 g/mol. The van der Waals surface area contributed by atoms with Crippen LogP contribution in [0.15, 0.2) is 48.5 Å². The van der Waals surface area contributed by atoms with Gasteiger partial charge in [0.1, 0.15) is 0 Å². The Hall–Kier alpha value is -3.39. The van der Waals surface area contributed by atoms with Gasteiger partial charge in [-0.3, -0.25) is 14.5 Å². The Morgan fingerprint density at radius 2 is 1.42 bits per heavy atom. The van der Waals surface area contributed by atoms with Gasteiger partial charge >= 0.3 is 6.09 Å². The van der Waals surface area contributed by atoms with Crippen molar-refractivity contribution in [1.29, 1.82) is 0 Å². The molecule has 0 spiro atoms. The van der Waals surface area contributed by atoms with Crippen LogP contribution < -0.4 is 0 Å². The van der Waals surface area contributed by atoms with Gasteiger partial charge in [0.2, 0.25) is 0 Å². The van der Waals surface area contributed by atoms with E-state index < -0.39 is 6.09 Å². The molecule has 33 heavy (non-hydrogen) atoms. The van der Waals surface area contributed by atoms with Gasteiger partial charge in [0.05, 0.1) is 0 Å². The number of fused-ring (bicyclic) bond motifs is 1. The summed E-state index contributed by atoms with van der Waals surface area (Å²) in [6.07, 6.45) is -0.269. The molecule has 0 bridgehead atoms. The Kier molecular flexibility index (Phi) is 5.76. The number of nitrogens with zero attached hydrogens (tertiary/aromatic N) is 4. The Morgan fingerprint density at radius 3 is 2.12 bits per heavy atom. The zero-order valence-electron chi connectivity index (χ0n) is 18.5. The number of hydrogen-bond acceptors (Lipinski definition) is 4. The molecule has 2 fully saturated rings. The summed E-state index contributed by atoms with van der Waals surface area (Å²) < 4.78 is 0. The molecule has 0 aliphatic carbocycles. The van der Waals surface area contributed by atoms with E-state index in [0.717, 1.165) is 29.8 Å². The van der Waals surface area contributed by atoms with Crippen molar-refractivity contribution < 1.29 is 19.5 Å². The van der Waals surface area contributed by atoms with Crippen molar-refractivity contribution in [2.24, 2.45) is 0 Å². The first-order valence-corrected chi connectivity index (χ1v) is 11.5. The number of benzene rings is 2. The highest BCUT2D eigenvalue weighted by molar-refractivity contribution is 5.95. The molecule has 1 N–H and O–H groups in total. The van der Waals surface area contributed by atoms with Crippen LogP contribution in [-0.2, 0) is 13.0 Å². The van der Waals surface area contributed by atoms with Gasteiger partial charge in [-0.25, -0.2) is 4.79 Å². The number of rotatable bonds is 3. The third kappa shape index (κ3) is 4.30. The summed E-state index contributed by atoms with van der Waals surface area (Å²) in [5.74, 6) is 0.118. The maximum atomic E-state index is 13.0. The molecule has 3 aliphatic heterocycles. The second-order valence-electron chi connectivity index (χ2n) is 9.00. The fraction of sp³-hybridized carbons (Fsp3) is 0.400. The van der Waals surface area contributed by atoms with E-state index in [2.05, 4.69) is 4.90 Å². The first-order chi connectivity index (χ1) is 16.0. The molecule has 3 amide bonds. The van der Waals surface area contributed by atoms with E-state index in [0.29, 0.717) is 57.3 Å². The van der Waals surface area contributed by atoms with Crippen LogP contribution in [0.3, 0.4) is 0 Å². The molecule has 8 nitrogen and oxygen atoms in total. The lowest BCUT2D eigenvalue weighted by Crippen LogP contribution is -2.64. The normalized spacial score (nSPS) is 19.1. The van der Waals surface area contributed by atoms with Crippen molar-refractivity contribution in [3.05, 3.63) is 70.8 Å². The van der Waals surface area contributed by atoms with Crippen molar-refractivity contribution in [2.45, 2.75) is 19.0 Å². The number of carboxylic acid groups (broad SMARTS) is 1. The number of amides is 3. The van der Waals surface area contributed by atoms with E-state index in [-0.39, 0.29) is 11.8 Å². The summed E-state index contributed by atoms with van der Waals surface area (Å²) in [6.45, 7) is 5.31. The van der Waals surface area contributed by atoms with Crippen LogP contribution >= 0.6 is 0 Å². The Morgan fingerprint density at radius 1 is 0.727 bits per heavy atom. The van der Waals surface area contributed by atoms with E-state index in [4.69, 9.17) is 0 Å². The standard InChI is InChI=1S/C25H28N4O4/c30-23(18-4-2-1-3-5-18)27-12-10-26(11-13-27)22-16-29(17-22)24(31)20-6-7-21-15-28(25(32)33)9-8-19(21)14-20/h1-7,14,22H,8-13,15-17H2,(H,32,33). The zero-order valence-corrected chi connectivity index (χ0v) is 18.5. The molecule has 0 saturated carbocycles. The van der Waals surface area contributed by atoms with Crippen LogP contribution in [0.4, 0.5) is 4.79 Å². The third-order valence-electron chi connectivity index (χ3n) is 7.02.